The third-order valence-corrected chi connectivity index (χ3v) is 14.5. The predicted molar refractivity (Wildman–Crippen MR) is 178 cm³/mol. The molecule has 0 N–H and O–H groups in total. The van der Waals surface area contributed by atoms with Gasteiger partial charge in [0.1, 0.15) is 0 Å². The summed E-state index contributed by atoms with van der Waals surface area (Å²) in [6, 6.07) is 31.1. The molecule has 3 aromatic carbocycles. The van der Waals surface area contributed by atoms with Gasteiger partial charge in [0.25, 0.3) is 0 Å². The minimum atomic E-state index is 0.102. The molecule has 0 radical (unpaired) electrons. The van der Waals surface area contributed by atoms with Crippen molar-refractivity contribution < 1.29 is 14.2 Å². The maximum absolute atomic E-state index is 7.71. The minimum absolute atomic E-state index is 0.102. The second-order valence-corrected chi connectivity index (χ2v) is 15.9. The summed E-state index contributed by atoms with van der Waals surface area (Å²) < 4.78 is 20.9. The van der Waals surface area contributed by atoms with Crippen LogP contribution >= 0.6 is 0 Å². The van der Waals surface area contributed by atoms with Gasteiger partial charge in [-0.1, -0.05) is 84.9 Å². The van der Waals surface area contributed by atoms with Crippen molar-refractivity contribution in [1.82, 2.24) is 9.80 Å². The van der Waals surface area contributed by atoms with Crippen LogP contribution < -0.4 is 0 Å². The van der Waals surface area contributed by atoms with Gasteiger partial charge in [-0.15, -0.1) is 0 Å². The van der Waals surface area contributed by atoms with Crippen LogP contribution in [-0.2, 0) is 27.4 Å². The zero-order valence-electron chi connectivity index (χ0n) is 27.3. The summed E-state index contributed by atoms with van der Waals surface area (Å²) in [4.78, 5) is 5.15. The molecule has 3 aliphatic heterocycles. The van der Waals surface area contributed by atoms with Gasteiger partial charge in [-0.05, 0) is 103 Å². The lowest BCUT2D eigenvalue weighted by Crippen LogP contribution is -2.52. The van der Waals surface area contributed by atoms with E-state index in [9.17, 15) is 0 Å². The van der Waals surface area contributed by atoms with Crippen molar-refractivity contribution in [1.29, 1.82) is 0 Å². The summed E-state index contributed by atoms with van der Waals surface area (Å²) in [5, 5.41) is 0. The lowest BCUT2D eigenvalue weighted by molar-refractivity contribution is -0.0874. The molecular formula is C41H48N2O3. The van der Waals surface area contributed by atoms with Crippen LogP contribution in [0, 0.1) is 47.3 Å². The van der Waals surface area contributed by atoms with Crippen LogP contribution in [0.25, 0.3) is 0 Å². The lowest BCUT2D eigenvalue weighted by atomic mass is 9.54. The highest BCUT2D eigenvalue weighted by Crippen LogP contribution is 2.94. The molecule has 7 fully saturated rings. The lowest BCUT2D eigenvalue weighted by Gasteiger charge is -2.48. The van der Waals surface area contributed by atoms with Crippen LogP contribution in [0.4, 0.5) is 0 Å². The molecule has 5 saturated carbocycles. The minimum Gasteiger partial charge on any atom is -0.375 e. The average molecular weight is 617 g/mol. The number of benzene rings is 3. The fourth-order valence-corrected chi connectivity index (χ4v) is 13.0. The molecule has 5 nitrogen and oxygen atoms in total. The Hall–Kier alpha value is -2.54. The Morgan fingerprint density at radius 1 is 0.565 bits per heavy atom. The number of ether oxygens (including phenoxy) is 3. The molecule has 11 rings (SSSR count). The molecule has 10 unspecified atom stereocenters. The van der Waals surface area contributed by atoms with Crippen LogP contribution in [0.3, 0.4) is 0 Å². The maximum Gasteiger partial charge on any atom is 0.0771 e. The van der Waals surface area contributed by atoms with Gasteiger partial charge in [0.05, 0.1) is 49.7 Å². The number of rotatable bonds is 2. The number of likely N-dealkylation sites (N-methyl/N-ethyl adjacent to an activating group) is 2. The van der Waals surface area contributed by atoms with E-state index in [0.717, 1.165) is 60.4 Å². The standard InChI is InChI=1S/C41H48N2O3/c1-42-19-17-40-36-30-21-31-35-34(30)38(40)39(35)41(46-40,37(31)36)18-20-43(2)33(27-13-7-4-8-14-27)25-45-23-29-16-10-9-15-28(29)22-44-24-32(42)26-11-5-3-6-12-26/h3-16,30-39H,17-25H2,1-2H3/t30?,31?,32-,33-,34?,35?,36?,37?,38?,39?,40?,41?/m1/s1. The smallest absolute Gasteiger partial charge is 0.0771 e. The van der Waals surface area contributed by atoms with Crippen molar-refractivity contribution in [2.45, 2.75) is 55.8 Å². The number of fused-ring (bicyclic) bond motifs is 1. The molecular weight excluding hydrogens is 568 g/mol. The third kappa shape index (κ3) is 3.75. The predicted octanol–water partition coefficient (Wildman–Crippen LogP) is 6.76. The zero-order chi connectivity index (χ0) is 30.6. The van der Waals surface area contributed by atoms with Crippen molar-refractivity contribution in [3.63, 3.8) is 0 Å². The van der Waals surface area contributed by atoms with E-state index in [1.807, 2.05) is 0 Å². The van der Waals surface area contributed by atoms with Gasteiger partial charge in [-0.3, -0.25) is 9.80 Å². The van der Waals surface area contributed by atoms with Crippen LogP contribution in [0.2, 0.25) is 0 Å². The Morgan fingerprint density at radius 2 is 1.00 bits per heavy atom. The van der Waals surface area contributed by atoms with Crippen LogP contribution in [-0.4, -0.2) is 61.4 Å². The van der Waals surface area contributed by atoms with Crippen LogP contribution in [0.5, 0.6) is 0 Å². The summed E-state index contributed by atoms with van der Waals surface area (Å²) in [6.07, 6.45) is 3.84. The van der Waals surface area contributed by atoms with Crippen molar-refractivity contribution in [3.05, 3.63) is 107 Å². The van der Waals surface area contributed by atoms with E-state index in [1.54, 1.807) is 0 Å². The zero-order valence-corrected chi connectivity index (χ0v) is 27.3. The molecule has 0 amide bonds. The number of hydrogen-bond donors (Lipinski definition) is 0. The highest BCUT2D eigenvalue weighted by molar-refractivity contribution is 5.43. The Bertz CT molecular complexity index is 1480. The highest BCUT2D eigenvalue weighted by atomic mass is 16.5. The molecule has 2 spiro atoms. The monoisotopic (exact) mass is 616 g/mol. The van der Waals surface area contributed by atoms with Gasteiger partial charge < -0.3 is 14.2 Å². The topological polar surface area (TPSA) is 34.2 Å². The molecule has 12 atom stereocenters. The van der Waals surface area contributed by atoms with Gasteiger partial charge in [0.2, 0.25) is 0 Å². The summed E-state index contributed by atoms with van der Waals surface area (Å²) in [5.74, 6) is 6.98. The van der Waals surface area contributed by atoms with Gasteiger partial charge in [-0.25, -0.2) is 0 Å². The normalized spacial score (nSPS) is 44.6. The molecule has 0 aromatic heterocycles. The molecule has 240 valence electrons. The first-order valence-electron chi connectivity index (χ1n) is 18.0. The van der Waals surface area contributed by atoms with Crippen LogP contribution in [0.1, 0.15) is 53.6 Å². The summed E-state index contributed by atoms with van der Waals surface area (Å²) >= 11 is 0. The first-order valence-corrected chi connectivity index (χ1v) is 18.0. The van der Waals surface area contributed by atoms with E-state index in [4.69, 9.17) is 14.2 Å². The Balaban J connectivity index is 0.989. The molecule has 3 aromatic rings. The van der Waals surface area contributed by atoms with E-state index in [1.165, 1.54) is 41.5 Å². The van der Waals surface area contributed by atoms with Crippen molar-refractivity contribution in [3.8, 4) is 0 Å². The number of hydrogen-bond acceptors (Lipinski definition) is 5. The Morgan fingerprint density at radius 3 is 1.46 bits per heavy atom. The molecule has 3 heterocycles. The highest BCUT2D eigenvalue weighted by Gasteiger charge is 2.96. The van der Waals surface area contributed by atoms with E-state index >= 15 is 0 Å². The van der Waals surface area contributed by atoms with Crippen molar-refractivity contribution in [2.24, 2.45) is 47.3 Å². The molecule has 5 aliphatic carbocycles. The first kappa shape index (κ1) is 28.5. The Kier molecular flexibility index (Phi) is 6.49. The largest absolute Gasteiger partial charge is 0.375 e. The second-order valence-electron chi connectivity index (χ2n) is 15.9. The van der Waals surface area contributed by atoms with Gasteiger partial charge in [-0.2, -0.15) is 0 Å². The Labute approximate surface area is 274 Å². The third-order valence-electron chi connectivity index (χ3n) is 14.5. The fourth-order valence-electron chi connectivity index (χ4n) is 13.0. The van der Waals surface area contributed by atoms with Gasteiger partial charge in [0, 0.05) is 13.1 Å². The molecule has 4 bridgehead atoms. The van der Waals surface area contributed by atoms with E-state index < -0.39 is 0 Å². The molecule has 46 heavy (non-hydrogen) atoms. The average Bonchev–Trinajstić information content (AvgIpc) is 3.77. The van der Waals surface area contributed by atoms with Gasteiger partial charge in [0.15, 0.2) is 0 Å². The van der Waals surface area contributed by atoms with Gasteiger partial charge >= 0.3 is 0 Å². The SMILES string of the molecule is CN1CCC23OC4(CCN(C)[C@@H](c5ccccc5)COCc5ccccc5COC[C@@H]1c1ccccc1)C1C5CC(C6C5C4C62)C13. The molecule has 2 saturated heterocycles. The maximum atomic E-state index is 7.71. The van der Waals surface area contributed by atoms with Crippen molar-refractivity contribution in [2.75, 3.05) is 40.4 Å². The first-order chi connectivity index (χ1) is 22.6. The van der Waals surface area contributed by atoms with E-state index in [0.29, 0.717) is 26.4 Å². The van der Waals surface area contributed by atoms with Crippen LogP contribution in [0.15, 0.2) is 84.9 Å². The summed E-state index contributed by atoms with van der Waals surface area (Å²) in [5.41, 5.74) is 5.31. The van der Waals surface area contributed by atoms with E-state index in [2.05, 4.69) is 109 Å². The second kappa shape index (κ2) is 10.5. The quantitative estimate of drug-likeness (QED) is 0.318. The van der Waals surface area contributed by atoms with E-state index in [-0.39, 0.29) is 23.3 Å². The van der Waals surface area contributed by atoms with Crippen molar-refractivity contribution >= 4 is 0 Å². The summed E-state index contributed by atoms with van der Waals surface area (Å²) in [6.45, 7) is 4.63. The molecule has 8 aliphatic rings. The summed E-state index contributed by atoms with van der Waals surface area (Å²) in [7, 11) is 4.64. The molecule has 5 heteroatoms. The fraction of sp³-hybridized carbons (Fsp3) is 0.561. The number of nitrogens with zero attached hydrogens (tertiary/aromatic N) is 2.